The first kappa shape index (κ1) is 15.9. The molecule has 0 aliphatic heterocycles. The van der Waals surface area contributed by atoms with E-state index < -0.39 is 0 Å². The number of benzene rings is 2. The van der Waals surface area contributed by atoms with E-state index in [-0.39, 0.29) is 5.78 Å². The van der Waals surface area contributed by atoms with E-state index in [4.69, 9.17) is 4.74 Å². The van der Waals surface area contributed by atoms with Crippen LogP contribution in [-0.4, -0.2) is 19.1 Å². The first-order chi connectivity index (χ1) is 10.1. The summed E-state index contributed by atoms with van der Waals surface area (Å²) in [5.41, 5.74) is 1.68. The van der Waals surface area contributed by atoms with Crippen LogP contribution in [0.15, 0.2) is 59.1 Å². The fourth-order valence-corrected chi connectivity index (χ4v) is 2.86. The number of rotatable bonds is 5. The molecule has 2 aromatic carbocycles. The van der Waals surface area contributed by atoms with Crippen LogP contribution in [0.3, 0.4) is 0 Å². The quantitative estimate of drug-likeness (QED) is 0.550. The summed E-state index contributed by atoms with van der Waals surface area (Å²) in [5, 5.41) is 0. The van der Waals surface area contributed by atoms with E-state index in [2.05, 4.69) is 15.9 Å². The van der Waals surface area contributed by atoms with Crippen molar-refractivity contribution in [2.24, 2.45) is 0 Å². The van der Waals surface area contributed by atoms with E-state index in [0.29, 0.717) is 5.56 Å². The van der Waals surface area contributed by atoms with Crippen molar-refractivity contribution < 1.29 is 9.53 Å². The van der Waals surface area contributed by atoms with Crippen molar-refractivity contribution in [1.29, 1.82) is 0 Å². The van der Waals surface area contributed by atoms with E-state index in [9.17, 15) is 4.79 Å². The zero-order chi connectivity index (χ0) is 15.2. The van der Waals surface area contributed by atoms with E-state index >= 15 is 0 Å². The number of thioether (sulfide) groups is 1. The fraction of sp³-hybridized carbons (Fsp3) is 0.118. The molecule has 0 aliphatic rings. The Labute approximate surface area is 137 Å². The molecule has 2 rings (SSSR count). The maximum absolute atomic E-state index is 12.3. The highest BCUT2D eigenvalue weighted by Crippen LogP contribution is 2.27. The number of ketones is 1. The van der Waals surface area contributed by atoms with Crippen LogP contribution in [-0.2, 0) is 0 Å². The number of carbonyl (C=O) groups is 1. The van der Waals surface area contributed by atoms with Gasteiger partial charge in [-0.1, -0.05) is 40.2 Å². The predicted octanol–water partition coefficient (Wildman–Crippen LogP) is 5.04. The summed E-state index contributed by atoms with van der Waals surface area (Å²) in [5.74, 6) is 0.800. The van der Waals surface area contributed by atoms with E-state index in [1.807, 2.05) is 54.8 Å². The fourth-order valence-electron chi connectivity index (χ4n) is 1.86. The van der Waals surface area contributed by atoms with Gasteiger partial charge in [0, 0.05) is 21.0 Å². The molecule has 0 N–H and O–H groups in total. The van der Waals surface area contributed by atoms with Gasteiger partial charge in [0.2, 0.25) is 0 Å². The summed E-state index contributed by atoms with van der Waals surface area (Å²) in [7, 11) is 1.64. The van der Waals surface area contributed by atoms with Gasteiger partial charge in [-0.15, -0.1) is 11.8 Å². The summed E-state index contributed by atoms with van der Waals surface area (Å²) < 4.78 is 6.05. The minimum Gasteiger partial charge on any atom is -0.497 e. The van der Waals surface area contributed by atoms with Gasteiger partial charge in [-0.3, -0.25) is 4.79 Å². The Morgan fingerprint density at radius 2 is 1.86 bits per heavy atom. The first-order valence-electron chi connectivity index (χ1n) is 6.34. The zero-order valence-electron chi connectivity index (χ0n) is 11.8. The number of hydrogen-bond donors (Lipinski definition) is 0. The predicted molar refractivity (Wildman–Crippen MR) is 93.0 cm³/mol. The molecule has 0 atom stereocenters. The molecule has 0 unspecified atom stereocenters. The van der Waals surface area contributed by atoms with Gasteiger partial charge in [0.1, 0.15) is 5.75 Å². The molecule has 0 bridgehead atoms. The summed E-state index contributed by atoms with van der Waals surface area (Å²) in [4.78, 5) is 13.3. The van der Waals surface area contributed by atoms with E-state index in [1.165, 1.54) is 0 Å². The Bertz CT molecular complexity index is 663. The van der Waals surface area contributed by atoms with Gasteiger partial charge in [0.05, 0.1) is 7.11 Å². The van der Waals surface area contributed by atoms with Crippen LogP contribution in [0.25, 0.3) is 4.91 Å². The monoisotopic (exact) mass is 362 g/mol. The van der Waals surface area contributed by atoms with Gasteiger partial charge in [-0.25, -0.2) is 0 Å². The molecule has 0 spiro atoms. The minimum absolute atomic E-state index is 0.00327. The molecule has 2 aromatic rings. The number of carbonyl (C=O) groups excluding carboxylic acids is 1. The Balaban J connectivity index is 2.29. The molecule has 0 aliphatic carbocycles. The maximum atomic E-state index is 12.3. The molecule has 0 radical (unpaired) electrons. The standard InChI is InChI=1S/C17H15BrO2S/c1-20-15-8-6-12(7-9-15)17(21-2)11-16(19)13-4-3-5-14(18)10-13/h3-11H,1-2H3/b17-11-. The molecule has 21 heavy (non-hydrogen) atoms. The lowest BCUT2D eigenvalue weighted by molar-refractivity contribution is 0.104. The zero-order valence-corrected chi connectivity index (χ0v) is 14.2. The second-order valence-electron chi connectivity index (χ2n) is 4.32. The van der Waals surface area contributed by atoms with Crippen molar-refractivity contribution in [1.82, 2.24) is 0 Å². The Morgan fingerprint density at radius 1 is 1.14 bits per heavy atom. The molecular formula is C17H15BrO2S. The summed E-state index contributed by atoms with van der Waals surface area (Å²) in [6.07, 6.45) is 3.64. The molecule has 0 aromatic heterocycles. The molecule has 0 saturated carbocycles. The van der Waals surface area contributed by atoms with Crippen LogP contribution < -0.4 is 4.74 Å². The lowest BCUT2D eigenvalue weighted by Crippen LogP contribution is -1.95. The van der Waals surface area contributed by atoms with Gasteiger partial charge in [0.15, 0.2) is 5.78 Å². The maximum Gasteiger partial charge on any atom is 0.187 e. The molecule has 4 heteroatoms. The molecular weight excluding hydrogens is 348 g/mol. The van der Waals surface area contributed by atoms with E-state index in [0.717, 1.165) is 20.7 Å². The number of methoxy groups -OCH3 is 1. The van der Waals surface area contributed by atoms with E-state index in [1.54, 1.807) is 24.9 Å². The summed E-state index contributed by atoms with van der Waals surface area (Å²) in [6.45, 7) is 0. The average molecular weight is 363 g/mol. The smallest absolute Gasteiger partial charge is 0.187 e. The topological polar surface area (TPSA) is 26.3 Å². The minimum atomic E-state index is -0.00327. The van der Waals surface area contributed by atoms with Gasteiger partial charge in [-0.2, -0.15) is 0 Å². The van der Waals surface area contributed by atoms with Crippen molar-refractivity contribution in [2.45, 2.75) is 0 Å². The van der Waals surface area contributed by atoms with Crippen molar-refractivity contribution in [3.8, 4) is 5.75 Å². The highest BCUT2D eigenvalue weighted by molar-refractivity contribution is 9.10. The van der Waals surface area contributed by atoms with Crippen molar-refractivity contribution in [3.05, 3.63) is 70.2 Å². The Kier molecular flexibility index (Phi) is 5.65. The first-order valence-corrected chi connectivity index (χ1v) is 8.36. The summed E-state index contributed by atoms with van der Waals surface area (Å²) in [6, 6.07) is 15.1. The third-order valence-electron chi connectivity index (χ3n) is 2.97. The van der Waals surface area contributed by atoms with Crippen molar-refractivity contribution >= 4 is 38.4 Å². The van der Waals surface area contributed by atoms with Gasteiger partial charge in [0.25, 0.3) is 0 Å². The second-order valence-corrected chi connectivity index (χ2v) is 6.08. The lowest BCUT2D eigenvalue weighted by Gasteiger charge is -2.06. The highest BCUT2D eigenvalue weighted by Gasteiger charge is 2.07. The third kappa shape index (κ3) is 4.22. The Morgan fingerprint density at radius 3 is 2.43 bits per heavy atom. The normalized spacial score (nSPS) is 11.3. The van der Waals surface area contributed by atoms with Crippen molar-refractivity contribution in [2.75, 3.05) is 13.4 Å². The van der Waals surface area contributed by atoms with Crippen LogP contribution in [0.2, 0.25) is 0 Å². The number of allylic oxidation sites excluding steroid dienone is 1. The van der Waals surface area contributed by atoms with Crippen LogP contribution in [0, 0.1) is 0 Å². The van der Waals surface area contributed by atoms with Gasteiger partial charge in [-0.05, 0) is 36.1 Å². The Hall–Kier alpha value is -1.52. The number of ether oxygens (including phenoxy) is 1. The van der Waals surface area contributed by atoms with Crippen LogP contribution in [0.5, 0.6) is 5.75 Å². The highest BCUT2D eigenvalue weighted by atomic mass is 79.9. The lowest BCUT2D eigenvalue weighted by atomic mass is 10.1. The molecule has 0 heterocycles. The number of hydrogen-bond acceptors (Lipinski definition) is 3. The molecule has 0 fully saturated rings. The largest absolute Gasteiger partial charge is 0.497 e. The van der Waals surface area contributed by atoms with Crippen LogP contribution >= 0.6 is 27.7 Å². The molecule has 0 amide bonds. The molecule has 2 nitrogen and oxygen atoms in total. The molecule has 0 saturated heterocycles. The SMILES string of the molecule is COc1ccc(/C(=C/C(=O)c2cccc(Br)c2)SC)cc1. The second kappa shape index (κ2) is 7.48. The molecule has 108 valence electrons. The third-order valence-corrected chi connectivity index (χ3v) is 4.25. The van der Waals surface area contributed by atoms with Crippen LogP contribution in [0.1, 0.15) is 15.9 Å². The average Bonchev–Trinajstić information content (AvgIpc) is 2.52. The van der Waals surface area contributed by atoms with Gasteiger partial charge < -0.3 is 4.74 Å². The number of halogens is 1. The van der Waals surface area contributed by atoms with Crippen molar-refractivity contribution in [3.63, 3.8) is 0 Å². The van der Waals surface area contributed by atoms with Crippen LogP contribution in [0.4, 0.5) is 0 Å². The summed E-state index contributed by atoms with van der Waals surface area (Å²) >= 11 is 4.93. The van der Waals surface area contributed by atoms with Gasteiger partial charge >= 0.3 is 0 Å².